The molecule has 2 aromatic carbocycles. The molecule has 0 spiro atoms. The molecular weight excluding hydrogens is 298 g/mol. The Balaban J connectivity index is 1.63. The van der Waals surface area contributed by atoms with Gasteiger partial charge in [0.15, 0.2) is 0 Å². The van der Waals surface area contributed by atoms with Gasteiger partial charge in [-0.2, -0.15) is 5.10 Å². The Morgan fingerprint density at radius 2 is 1.92 bits per heavy atom. The third-order valence-electron chi connectivity index (χ3n) is 4.00. The van der Waals surface area contributed by atoms with Crippen LogP contribution in [0.25, 0.3) is 0 Å². The summed E-state index contributed by atoms with van der Waals surface area (Å²) in [7, 11) is 0. The summed E-state index contributed by atoms with van der Waals surface area (Å²) in [5, 5.41) is 7.24. The molecule has 1 N–H and O–H groups in total. The van der Waals surface area contributed by atoms with E-state index in [9.17, 15) is 4.79 Å². The van der Waals surface area contributed by atoms with E-state index in [2.05, 4.69) is 22.5 Å². The molecule has 0 radical (unpaired) electrons. The van der Waals surface area contributed by atoms with Crippen molar-refractivity contribution >= 4 is 11.6 Å². The van der Waals surface area contributed by atoms with Gasteiger partial charge in [0.25, 0.3) is 5.91 Å². The minimum absolute atomic E-state index is 0.0983. The van der Waals surface area contributed by atoms with Gasteiger partial charge in [0.05, 0.1) is 11.9 Å². The Morgan fingerprint density at radius 1 is 1.12 bits per heavy atom. The SMILES string of the molecule is Cc1ccc(C)c(C(=O)Nc2cnn(CCc3ccccc3)c2)c1. The monoisotopic (exact) mass is 319 g/mol. The van der Waals surface area contributed by atoms with Crippen molar-refractivity contribution in [1.82, 2.24) is 9.78 Å². The highest BCUT2D eigenvalue weighted by atomic mass is 16.1. The maximum Gasteiger partial charge on any atom is 0.256 e. The summed E-state index contributed by atoms with van der Waals surface area (Å²) < 4.78 is 1.85. The van der Waals surface area contributed by atoms with E-state index in [1.165, 1.54) is 5.56 Å². The largest absolute Gasteiger partial charge is 0.319 e. The number of amides is 1. The topological polar surface area (TPSA) is 46.9 Å². The molecule has 1 heterocycles. The molecule has 24 heavy (non-hydrogen) atoms. The Hall–Kier alpha value is -2.88. The number of rotatable bonds is 5. The molecule has 4 heteroatoms. The molecule has 3 rings (SSSR count). The molecule has 0 atom stereocenters. The molecular formula is C20H21N3O. The second-order valence-corrected chi connectivity index (χ2v) is 6.00. The molecule has 0 saturated carbocycles. The zero-order chi connectivity index (χ0) is 16.9. The lowest BCUT2D eigenvalue weighted by atomic mass is 10.1. The van der Waals surface area contributed by atoms with Crippen molar-refractivity contribution in [2.24, 2.45) is 0 Å². The van der Waals surface area contributed by atoms with Crippen molar-refractivity contribution in [1.29, 1.82) is 0 Å². The van der Waals surface area contributed by atoms with Crippen LogP contribution in [-0.4, -0.2) is 15.7 Å². The van der Waals surface area contributed by atoms with Gasteiger partial charge in [-0.3, -0.25) is 9.48 Å². The Bertz CT molecular complexity index is 837. The number of nitrogens with one attached hydrogen (secondary N) is 1. The standard InChI is InChI=1S/C20H21N3O/c1-15-8-9-16(2)19(12-15)20(24)22-18-13-21-23(14-18)11-10-17-6-4-3-5-7-17/h3-9,12-14H,10-11H2,1-2H3,(H,22,24). The van der Waals surface area contributed by atoms with Crippen molar-refractivity contribution in [3.05, 3.63) is 83.2 Å². The predicted molar refractivity (Wildman–Crippen MR) is 96.2 cm³/mol. The molecule has 0 unspecified atom stereocenters. The molecule has 0 fully saturated rings. The van der Waals surface area contributed by atoms with Crippen LogP contribution in [-0.2, 0) is 13.0 Å². The number of benzene rings is 2. The lowest BCUT2D eigenvalue weighted by Gasteiger charge is -2.07. The first-order chi connectivity index (χ1) is 11.6. The zero-order valence-corrected chi connectivity index (χ0v) is 14.0. The highest BCUT2D eigenvalue weighted by Crippen LogP contribution is 2.14. The van der Waals surface area contributed by atoms with Gasteiger partial charge in [-0.25, -0.2) is 0 Å². The molecule has 0 aliphatic heterocycles. The molecule has 3 aromatic rings. The van der Waals surface area contributed by atoms with Crippen molar-refractivity contribution in [3.8, 4) is 0 Å². The van der Waals surface area contributed by atoms with E-state index in [1.54, 1.807) is 6.20 Å². The number of carbonyl (C=O) groups excluding carboxylic acids is 1. The van der Waals surface area contributed by atoms with Crippen LogP contribution in [0.2, 0.25) is 0 Å². The minimum Gasteiger partial charge on any atom is -0.319 e. The summed E-state index contributed by atoms with van der Waals surface area (Å²) in [6.45, 7) is 4.71. The van der Waals surface area contributed by atoms with Crippen LogP contribution in [0.15, 0.2) is 60.9 Å². The second-order valence-electron chi connectivity index (χ2n) is 6.00. The number of nitrogens with zero attached hydrogens (tertiary/aromatic N) is 2. The fraction of sp³-hybridized carbons (Fsp3) is 0.200. The van der Waals surface area contributed by atoms with E-state index in [1.807, 2.05) is 61.1 Å². The zero-order valence-electron chi connectivity index (χ0n) is 14.0. The van der Waals surface area contributed by atoms with Gasteiger partial charge in [0.2, 0.25) is 0 Å². The lowest BCUT2D eigenvalue weighted by molar-refractivity contribution is 0.102. The van der Waals surface area contributed by atoms with E-state index >= 15 is 0 Å². The molecule has 0 saturated heterocycles. The minimum atomic E-state index is -0.0983. The maximum atomic E-state index is 12.4. The molecule has 0 bridgehead atoms. The third kappa shape index (κ3) is 3.90. The molecule has 122 valence electrons. The number of hydrogen-bond acceptors (Lipinski definition) is 2. The maximum absolute atomic E-state index is 12.4. The van der Waals surface area contributed by atoms with Gasteiger partial charge in [0, 0.05) is 18.3 Å². The number of aryl methyl sites for hydroxylation is 4. The normalized spacial score (nSPS) is 10.6. The highest BCUT2D eigenvalue weighted by Gasteiger charge is 2.10. The van der Waals surface area contributed by atoms with Crippen LogP contribution < -0.4 is 5.32 Å². The summed E-state index contributed by atoms with van der Waals surface area (Å²) in [5.41, 5.74) is 4.73. The van der Waals surface area contributed by atoms with Crippen LogP contribution in [0.1, 0.15) is 27.0 Å². The first-order valence-corrected chi connectivity index (χ1v) is 8.07. The van der Waals surface area contributed by atoms with Gasteiger partial charge in [-0.05, 0) is 37.5 Å². The van der Waals surface area contributed by atoms with E-state index < -0.39 is 0 Å². The predicted octanol–water partition coefficient (Wildman–Crippen LogP) is 3.99. The Kier molecular flexibility index (Phi) is 4.75. The Labute approximate surface area is 142 Å². The third-order valence-corrected chi connectivity index (χ3v) is 4.00. The van der Waals surface area contributed by atoms with Crippen LogP contribution in [0.3, 0.4) is 0 Å². The second kappa shape index (κ2) is 7.13. The molecule has 1 aromatic heterocycles. The number of aromatic nitrogens is 2. The average molecular weight is 319 g/mol. The summed E-state index contributed by atoms with van der Waals surface area (Å²) in [4.78, 5) is 12.4. The first-order valence-electron chi connectivity index (χ1n) is 8.07. The molecule has 0 aliphatic carbocycles. The first kappa shape index (κ1) is 16.0. The lowest BCUT2D eigenvalue weighted by Crippen LogP contribution is -2.13. The van der Waals surface area contributed by atoms with Gasteiger partial charge in [-0.1, -0.05) is 48.0 Å². The smallest absolute Gasteiger partial charge is 0.256 e. The van der Waals surface area contributed by atoms with Gasteiger partial charge >= 0.3 is 0 Å². The summed E-state index contributed by atoms with van der Waals surface area (Å²) in [6.07, 6.45) is 4.47. The number of carbonyl (C=O) groups is 1. The van der Waals surface area contributed by atoms with Gasteiger partial charge < -0.3 is 5.32 Å². The van der Waals surface area contributed by atoms with Crippen LogP contribution in [0.4, 0.5) is 5.69 Å². The number of anilines is 1. The fourth-order valence-electron chi connectivity index (χ4n) is 2.62. The van der Waals surface area contributed by atoms with E-state index in [0.29, 0.717) is 11.3 Å². The average Bonchev–Trinajstić information content (AvgIpc) is 3.03. The molecule has 1 amide bonds. The van der Waals surface area contributed by atoms with E-state index in [0.717, 1.165) is 24.1 Å². The van der Waals surface area contributed by atoms with E-state index in [4.69, 9.17) is 0 Å². The highest BCUT2D eigenvalue weighted by molar-refractivity contribution is 6.05. The van der Waals surface area contributed by atoms with Crippen LogP contribution >= 0.6 is 0 Å². The van der Waals surface area contributed by atoms with E-state index in [-0.39, 0.29) is 5.91 Å². The molecule has 0 aliphatic rings. The fourth-order valence-corrected chi connectivity index (χ4v) is 2.62. The van der Waals surface area contributed by atoms with Crippen molar-refractivity contribution < 1.29 is 4.79 Å². The van der Waals surface area contributed by atoms with Crippen molar-refractivity contribution in [2.75, 3.05) is 5.32 Å². The summed E-state index contributed by atoms with van der Waals surface area (Å²) >= 11 is 0. The summed E-state index contributed by atoms with van der Waals surface area (Å²) in [6, 6.07) is 16.2. The Morgan fingerprint density at radius 3 is 2.71 bits per heavy atom. The quantitative estimate of drug-likeness (QED) is 0.773. The number of hydrogen-bond donors (Lipinski definition) is 1. The van der Waals surface area contributed by atoms with Crippen LogP contribution in [0, 0.1) is 13.8 Å². The summed E-state index contributed by atoms with van der Waals surface area (Å²) in [5.74, 6) is -0.0983. The van der Waals surface area contributed by atoms with Gasteiger partial charge in [-0.15, -0.1) is 0 Å². The van der Waals surface area contributed by atoms with Crippen LogP contribution in [0.5, 0.6) is 0 Å². The van der Waals surface area contributed by atoms with Gasteiger partial charge in [0.1, 0.15) is 0 Å². The molecule has 4 nitrogen and oxygen atoms in total. The van der Waals surface area contributed by atoms with Crippen molar-refractivity contribution in [2.45, 2.75) is 26.8 Å². The van der Waals surface area contributed by atoms with Crippen molar-refractivity contribution in [3.63, 3.8) is 0 Å².